The van der Waals surface area contributed by atoms with Gasteiger partial charge in [0.05, 0.1) is 12.3 Å². The lowest BCUT2D eigenvalue weighted by Crippen LogP contribution is -2.21. The molecule has 1 N–H and O–H groups in total. The van der Waals surface area contributed by atoms with Crippen molar-refractivity contribution < 1.29 is 9.47 Å². The van der Waals surface area contributed by atoms with Crippen LogP contribution in [-0.2, 0) is 22.6 Å². The molecule has 1 aromatic heterocycles. The summed E-state index contributed by atoms with van der Waals surface area (Å²) in [5.74, 6) is 0. The Kier molecular flexibility index (Phi) is 6.58. The minimum absolute atomic E-state index is 0.0101. The maximum atomic E-state index is 5.66. The van der Waals surface area contributed by atoms with Crippen molar-refractivity contribution in [2.75, 3.05) is 14.2 Å². The number of methoxy groups -OCH3 is 2. The Morgan fingerprint density at radius 2 is 1.90 bits per heavy atom. The third kappa shape index (κ3) is 4.81. The van der Waals surface area contributed by atoms with E-state index in [-0.39, 0.29) is 11.5 Å². The van der Waals surface area contributed by atoms with Gasteiger partial charge in [-0.3, -0.25) is 0 Å². The summed E-state index contributed by atoms with van der Waals surface area (Å²) in [6.07, 6.45) is 0.0101. The summed E-state index contributed by atoms with van der Waals surface area (Å²) in [6.45, 7) is 12.2. The van der Waals surface area contributed by atoms with Crippen LogP contribution in [0.15, 0.2) is 0 Å². The van der Waals surface area contributed by atoms with Crippen molar-refractivity contribution in [2.45, 2.75) is 59.9 Å². The molecular formula is C15H28N2O2S. The van der Waals surface area contributed by atoms with Crippen LogP contribution in [-0.4, -0.2) is 25.2 Å². The summed E-state index contributed by atoms with van der Waals surface area (Å²) in [4.78, 5) is 5.98. The van der Waals surface area contributed by atoms with Crippen LogP contribution in [0.5, 0.6) is 0 Å². The molecule has 0 amide bonds. The number of nitrogens with one attached hydrogen (secondary N) is 1. The molecule has 4 nitrogen and oxygen atoms in total. The molecule has 0 saturated carbocycles. The molecule has 1 unspecified atom stereocenters. The highest BCUT2D eigenvalue weighted by Crippen LogP contribution is 2.38. The number of hydrogen-bond donors (Lipinski definition) is 1. The fourth-order valence-electron chi connectivity index (χ4n) is 2.02. The summed E-state index contributed by atoms with van der Waals surface area (Å²) in [6, 6.07) is 0.455. The second kappa shape index (κ2) is 7.50. The zero-order chi connectivity index (χ0) is 15.3. The first kappa shape index (κ1) is 17.6. The minimum atomic E-state index is 0.0101. The first-order valence-electron chi connectivity index (χ1n) is 7.03. The maximum Gasteiger partial charge on any atom is 0.123 e. The van der Waals surface area contributed by atoms with Crippen LogP contribution in [0.1, 0.15) is 56.3 Å². The van der Waals surface area contributed by atoms with Crippen molar-refractivity contribution in [1.82, 2.24) is 10.3 Å². The number of aromatic nitrogens is 1. The second-order valence-electron chi connectivity index (χ2n) is 6.37. The van der Waals surface area contributed by atoms with Crippen molar-refractivity contribution in [1.29, 1.82) is 0 Å². The van der Waals surface area contributed by atoms with Gasteiger partial charge in [0.1, 0.15) is 11.1 Å². The minimum Gasteiger partial charge on any atom is -0.378 e. The van der Waals surface area contributed by atoms with Crippen LogP contribution in [0.2, 0.25) is 0 Å². The van der Waals surface area contributed by atoms with Crippen LogP contribution < -0.4 is 5.32 Å². The quantitative estimate of drug-likeness (QED) is 0.836. The molecule has 0 aromatic carbocycles. The highest BCUT2D eigenvalue weighted by molar-refractivity contribution is 7.11. The van der Waals surface area contributed by atoms with E-state index in [4.69, 9.17) is 14.5 Å². The second-order valence-corrected chi connectivity index (χ2v) is 7.49. The molecule has 0 aliphatic heterocycles. The Hall–Kier alpha value is -0.490. The SMILES string of the molecule is COCc1nc(C(OC)C(C)(C)C)sc1CNC(C)C. The summed E-state index contributed by atoms with van der Waals surface area (Å²) in [5, 5.41) is 4.48. The Morgan fingerprint density at radius 1 is 1.25 bits per heavy atom. The summed E-state index contributed by atoms with van der Waals surface area (Å²) in [7, 11) is 3.45. The fourth-order valence-corrected chi connectivity index (χ4v) is 3.37. The summed E-state index contributed by atoms with van der Waals surface area (Å²) < 4.78 is 10.9. The lowest BCUT2D eigenvalue weighted by molar-refractivity contribution is 0.0148. The van der Waals surface area contributed by atoms with E-state index >= 15 is 0 Å². The van der Waals surface area contributed by atoms with Crippen molar-refractivity contribution >= 4 is 11.3 Å². The lowest BCUT2D eigenvalue weighted by Gasteiger charge is -2.27. The molecule has 1 heterocycles. The van der Waals surface area contributed by atoms with E-state index in [1.54, 1.807) is 25.6 Å². The van der Waals surface area contributed by atoms with E-state index in [1.165, 1.54) is 4.88 Å². The number of hydrogen-bond acceptors (Lipinski definition) is 5. The van der Waals surface area contributed by atoms with Gasteiger partial charge in [-0.1, -0.05) is 34.6 Å². The predicted octanol–water partition coefficient (Wildman–Crippen LogP) is 3.52. The van der Waals surface area contributed by atoms with E-state index in [2.05, 4.69) is 39.9 Å². The molecule has 1 rings (SSSR count). The van der Waals surface area contributed by atoms with Crippen molar-refractivity contribution in [2.24, 2.45) is 5.41 Å². The maximum absolute atomic E-state index is 5.66. The fraction of sp³-hybridized carbons (Fsp3) is 0.800. The highest BCUT2D eigenvalue weighted by atomic mass is 32.1. The van der Waals surface area contributed by atoms with E-state index in [1.807, 2.05) is 0 Å². The summed E-state index contributed by atoms with van der Waals surface area (Å²) in [5.41, 5.74) is 1.05. The number of thiazole rings is 1. The Morgan fingerprint density at radius 3 is 2.35 bits per heavy atom. The highest BCUT2D eigenvalue weighted by Gasteiger charge is 2.30. The third-order valence-electron chi connectivity index (χ3n) is 2.99. The Bertz CT molecular complexity index is 410. The largest absolute Gasteiger partial charge is 0.378 e. The van der Waals surface area contributed by atoms with Crippen molar-refractivity contribution in [3.8, 4) is 0 Å². The predicted molar refractivity (Wildman–Crippen MR) is 84.0 cm³/mol. The zero-order valence-electron chi connectivity index (χ0n) is 13.7. The van der Waals surface area contributed by atoms with Crippen molar-refractivity contribution in [3.63, 3.8) is 0 Å². The molecular weight excluding hydrogens is 272 g/mol. The van der Waals surface area contributed by atoms with Crippen LogP contribution in [0.3, 0.4) is 0 Å². The normalized spacial score (nSPS) is 14.0. The molecule has 0 fully saturated rings. The molecule has 0 aliphatic rings. The summed E-state index contributed by atoms with van der Waals surface area (Å²) >= 11 is 1.72. The molecule has 0 spiro atoms. The lowest BCUT2D eigenvalue weighted by atomic mass is 9.89. The van der Waals surface area contributed by atoms with Crippen LogP contribution in [0.25, 0.3) is 0 Å². The molecule has 0 bridgehead atoms. The number of ether oxygens (including phenoxy) is 2. The monoisotopic (exact) mass is 300 g/mol. The average molecular weight is 300 g/mol. The number of nitrogens with zero attached hydrogens (tertiary/aromatic N) is 1. The first-order chi connectivity index (χ1) is 9.29. The molecule has 0 aliphatic carbocycles. The molecule has 0 saturated heterocycles. The van der Waals surface area contributed by atoms with Gasteiger partial charge < -0.3 is 14.8 Å². The van der Waals surface area contributed by atoms with E-state index in [0.717, 1.165) is 17.2 Å². The van der Waals surface area contributed by atoms with Gasteiger partial charge in [0.25, 0.3) is 0 Å². The molecule has 0 radical (unpaired) electrons. The van der Waals surface area contributed by atoms with Gasteiger partial charge in [0.15, 0.2) is 0 Å². The van der Waals surface area contributed by atoms with Gasteiger partial charge in [-0.15, -0.1) is 11.3 Å². The molecule has 116 valence electrons. The zero-order valence-corrected chi connectivity index (χ0v) is 14.6. The molecule has 20 heavy (non-hydrogen) atoms. The van der Waals surface area contributed by atoms with Gasteiger partial charge >= 0.3 is 0 Å². The van der Waals surface area contributed by atoms with E-state index in [0.29, 0.717) is 12.6 Å². The van der Waals surface area contributed by atoms with E-state index < -0.39 is 0 Å². The average Bonchev–Trinajstić information content (AvgIpc) is 2.69. The Labute approximate surface area is 126 Å². The van der Waals surface area contributed by atoms with Gasteiger partial charge in [0.2, 0.25) is 0 Å². The first-order valence-corrected chi connectivity index (χ1v) is 7.84. The van der Waals surface area contributed by atoms with Crippen molar-refractivity contribution in [3.05, 3.63) is 15.6 Å². The third-order valence-corrected chi connectivity index (χ3v) is 4.13. The van der Waals surface area contributed by atoms with Gasteiger partial charge in [-0.25, -0.2) is 4.98 Å². The van der Waals surface area contributed by atoms with Crippen LogP contribution in [0.4, 0.5) is 0 Å². The van der Waals surface area contributed by atoms with Crippen LogP contribution >= 0.6 is 11.3 Å². The molecule has 5 heteroatoms. The van der Waals surface area contributed by atoms with Gasteiger partial charge in [-0.05, 0) is 5.41 Å². The van der Waals surface area contributed by atoms with Gasteiger partial charge in [-0.2, -0.15) is 0 Å². The smallest absolute Gasteiger partial charge is 0.123 e. The van der Waals surface area contributed by atoms with Crippen LogP contribution in [0, 0.1) is 5.41 Å². The standard InChI is InChI=1S/C15H28N2O2S/c1-10(2)16-8-12-11(9-18-6)17-14(20-12)13(19-7)15(3,4)5/h10,13,16H,8-9H2,1-7H3. The topological polar surface area (TPSA) is 43.4 Å². The van der Waals surface area contributed by atoms with E-state index in [9.17, 15) is 0 Å². The molecule has 1 aromatic rings. The Balaban J connectivity index is 3.00. The number of rotatable bonds is 7. The van der Waals surface area contributed by atoms with Gasteiger partial charge in [0, 0.05) is 31.7 Å². The molecule has 1 atom stereocenters.